The second-order valence-electron chi connectivity index (χ2n) is 2.50. The molecule has 16 heavy (non-hydrogen) atoms. The van der Waals surface area contributed by atoms with Crippen molar-refractivity contribution in [1.82, 2.24) is 0 Å². The molecule has 0 amide bonds. The van der Waals surface area contributed by atoms with Crippen LogP contribution in [0.2, 0.25) is 0 Å². The summed E-state index contributed by atoms with van der Waals surface area (Å²) < 4.78 is 0. The second kappa shape index (κ2) is 6.56. The number of carbonyl (C=O) groups is 2. The van der Waals surface area contributed by atoms with Gasteiger partial charge in [-0.1, -0.05) is 12.1 Å². The molecule has 0 atom stereocenters. The first-order chi connectivity index (χ1) is 7.36. The molecule has 0 saturated carbocycles. The van der Waals surface area contributed by atoms with Crippen molar-refractivity contribution in [3.8, 4) is 0 Å². The predicted molar refractivity (Wildman–Crippen MR) is 52.8 cm³/mol. The summed E-state index contributed by atoms with van der Waals surface area (Å²) in [7, 11) is -2.17. The zero-order valence-corrected chi connectivity index (χ0v) is 7.94. The standard InChI is InChI=1S/C8H6O4.BH3O3/c9-7(10)5-3-1-2-4-6(5)8(11)12;2-1(3)4/h1-4H,(H,9,10)(H,11,12);2-4H. The number of carboxylic acids is 2. The Balaban J connectivity index is 0.000000487. The SMILES string of the molecule is O=C(O)c1ccccc1C(=O)O.OB(O)O. The van der Waals surface area contributed by atoms with Crippen molar-refractivity contribution in [3.05, 3.63) is 35.4 Å². The Hall–Kier alpha value is -1.90. The summed E-state index contributed by atoms with van der Waals surface area (Å²) in [5.41, 5.74) is -0.380. The van der Waals surface area contributed by atoms with Gasteiger partial charge in [-0.25, -0.2) is 9.59 Å². The molecule has 5 N–H and O–H groups in total. The third-order valence-corrected chi connectivity index (χ3v) is 1.39. The fourth-order valence-electron chi connectivity index (χ4n) is 0.856. The quantitative estimate of drug-likeness (QED) is 0.411. The molecule has 1 aromatic carbocycles. The van der Waals surface area contributed by atoms with Crippen LogP contribution in [0.25, 0.3) is 0 Å². The van der Waals surface area contributed by atoms with Gasteiger partial charge >= 0.3 is 19.3 Å². The molecule has 7 nitrogen and oxygen atoms in total. The van der Waals surface area contributed by atoms with Gasteiger partial charge in [0, 0.05) is 0 Å². The topological polar surface area (TPSA) is 135 Å². The highest BCUT2D eigenvalue weighted by atomic mass is 16.5. The minimum Gasteiger partial charge on any atom is -0.478 e. The van der Waals surface area contributed by atoms with Crippen molar-refractivity contribution >= 4 is 19.3 Å². The van der Waals surface area contributed by atoms with Gasteiger partial charge in [0.25, 0.3) is 0 Å². The first kappa shape index (κ1) is 14.1. The van der Waals surface area contributed by atoms with Crippen LogP contribution in [0.1, 0.15) is 20.7 Å². The lowest BCUT2D eigenvalue weighted by Gasteiger charge is -1.98. The van der Waals surface area contributed by atoms with Crippen LogP contribution in [-0.4, -0.2) is 44.5 Å². The van der Waals surface area contributed by atoms with Gasteiger partial charge in [0.15, 0.2) is 0 Å². The van der Waals surface area contributed by atoms with Crippen molar-refractivity contribution < 1.29 is 34.9 Å². The van der Waals surface area contributed by atoms with E-state index in [1.165, 1.54) is 24.3 Å². The highest BCUT2D eigenvalue weighted by molar-refractivity contribution is 6.30. The number of benzene rings is 1. The van der Waals surface area contributed by atoms with Crippen LogP contribution >= 0.6 is 0 Å². The van der Waals surface area contributed by atoms with E-state index in [9.17, 15) is 9.59 Å². The lowest BCUT2D eigenvalue weighted by molar-refractivity contribution is 0.0651. The van der Waals surface area contributed by atoms with Gasteiger partial charge in [0.2, 0.25) is 0 Å². The third kappa shape index (κ3) is 5.10. The van der Waals surface area contributed by atoms with E-state index in [1.807, 2.05) is 0 Å². The van der Waals surface area contributed by atoms with E-state index in [-0.39, 0.29) is 11.1 Å². The first-order valence-electron chi connectivity index (χ1n) is 3.96. The molecule has 1 aromatic rings. The smallest absolute Gasteiger partial charge is 0.478 e. The van der Waals surface area contributed by atoms with E-state index in [0.29, 0.717) is 0 Å². The molecule has 86 valence electrons. The zero-order chi connectivity index (χ0) is 12.7. The van der Waals surface area contributed by atoms with E-state index >= 15 is 0 Å². The van der Waals surface area contributed by atoms with Crippen LogP contribution in [0.3, 0.4) is 0 Å². The summed E-state index contributed by atoms with van der Waals surface area (Å²) in [5.74, 6) is -2.46. The lowest BCUT2D eigenvalue weighted by Crippen LogP contribution is -2.07. The third-order valence-electron chi connectivity index (χ3n) is 1.39. The van der Waals surface area contributed by atoms with Crippen molar-refractivity contribution in [3.63, 3.8) is 0 Å². The van der Waals surface area contributed by atoms with Gasteiger partial charge in [0.1, 0.15) is 0 Å². The molecule has 0 aromatic heterocycles. The van der Waals surface area contributed by atoms with Gasteiger partial charge in [-0.3, -0.25) is 0 Å². The Morgan fingerprint density at radius 1 is 0.875 bits per heavy atom. The molecule has 0 heterocycles. The van der Waals surface area contributed by atoms with Crippen LogP contribution in [0.4, 0.5) is 0 Å². The maximum absolute atomic E-state index is 10.5. The molecule has 1 rings (SSSR count). The van der Waals surface area contributed by atoms with Gasteiger partial charge in [0.05, 0.1) is 11.1 Å². The summed E-state index contributed by atoms with van der Waals surface area (Å²) in [6.07, 6.45) is 0. The van der Waals surface area contributed by atoms with Crippen molar-refractivity contribution in [1.29, 1.82) is 0 Å². The average molecular weight is 228 g/mol. The van der Waals surface area contributed by atoms with Crippen LogP contribution in [0, 0.1) is 0 Å². The van der Waals surface area contributed by atoms with Crippen molar-refractivity contribution in [2.24, 2.45) is 0 Å². The van der Waals surface area contributed by atoms with Crippen molar-refractivity contribution in [2.75, 3.05) is 0 Å². The largest absolute Gasteiger partial charge is 0.631 e. The molecule has 0 bridgehead atoms. The number of carboxylic acid groups (broad SMARTS) is 2. The molecular formula is C8H9BO7. The van der Waals surface area contributed by atoms with Gasteiger partial charge < -0.3 is 25.3 Å². The fraction of sp³-hybridized carbons (Fsp3) is 0. The molecule has 0 saturated heterocycles. The molecule has 8 heteroatoms. The highest BCUT2D eigenvalue weighted by Crippen LogP contribution is 2.07. The van der Waals surface area contributed by atoms with E-state index in [1.54, 1.807) is 0 Å². The number of rotatable bonds is 2. The van der Waals surface area contributed by atoms with Gasteiger partial charge in [-0.05, 0) is 12.1 Å². The molecule has 0 aliphatic rings. The van der Waals surface area contributed by atoms with Crippen LogP contribution in [0.5, 0.6) is 0 Å². The normalized spacial score (nSPS) is 8.69. The zero-order valence-electron chi connectivity index (χ0n) is 7.94. The number of hydrogen-bond acceptors (Lipinski definition) is 5. The fourth-order valence-corrected chi connectivity index (χ4v) is 0.856. The van der Waals surface area contributed by atoms with E-state index < -0.39 is 19.3 Å². The number of aromatic carboxylic acids is 2. The van der Waals surface area contributed by atoms with Gasteiger partial charge in [-0.2, -0.15) is 0 Å². The monoisotopic (exact) mass is 228 g/mol. The van der Waals surface area contributed by atoms with E-state index in [2.05, 4.69) is 0 Å². The van der Waals surface area contributed by atoms with Crippen LogP contribution in [0.15, 0.2) is 24.3 Å². The summed E-state index contributed by atoms with van der Waals surface area (Å²) in [6.45, 7) is 0. The van der Waals surface area contributed by atoms with E-state index in [4.69, 9.17) is 25.3 Å². The Morgan fingerprint density at radius 2 is 1.12 bits per heavy atom. The second-order valence-corrected chi connectivity index (χ2v) is 2.50. The molecular weight excluding hydrogens is 219 g/mol. The molecule has 0 aliphatic carbocycles. The molecule has 0 spiro atoms. The summed E-state index contributed by atoms with van der Waals surface area (Å²) in [4.78, 5) is 20.9. The Labute approximate surface area is 90.4 Å². The first-order valence-corrected chi connectivity index (χ1v) is 3.96. The van der Waals surface area contributed by atoms with Crippen LogP contribution in [-0.2, 0) is 0 Å². The summed E-state index contributed by atoms with van der Waals surface area (Å²) >= 11 is 0. The molecule has 0 aliphatic heterocycles. The maximum atomic E-state index is 10.5. The van der Waals surface area contributed by atoms with Gasteiger partial charge in [-0.15, -0.1) is 0 Å². The Morgan fingerprint density at radius 3 is 1.31 bits per heavy atom. The van der Waals surface area contributed by atoms with Crippen molar-refractivity contribution in [2.45, 2.75) is 0 Å². The van der Waals surface area contributed by atoms with Crippen LogP contribution < -0.4 is 0 Å². The Kier molecular flexibility index (Phi) is 5.79. The minimum absolute atomic E-state index is 0.190. The molecule has 0 unspecified atom stereocenters. The average Bonchev–Trinajstić information content (AvgIpc) is 2.16. The number of hydrogen-bond donors (Lipinski definition) is 5. The minimum atomic E-state index is -2.17. The molecule has 0 fully saturated rings. The highest BCUT2D eigenvalue weighted by Gasteiger charge is 2.13. The Bertz CT molecular complexity index is 341. The maximum Gasteiger partial charge on any atom is 0.631 e. The predicted octanol–water partition coefficient (Wildman–Crippen LogP) is -0.969. The molecule has 0 radical (unpaired) electrons. The lowest BCUT2D eigenvalue weighted by atomic mass is 10.1. The van der Waals surface area contributed by atoms with E-state index in [0.717, 1.165) is 0 Å². The summed E-state index contributed by atoms with van der Waals surface area (Å²) in [6, 6.07) is 5.48. The summed E-state index contributed by atoms with van der Waals surface area (Å²) in [5, 5.41) is 38.6.